The van der Waals surface area contributed by atoms with Crippen LogP contribution in [0.3, 0.4) is 0 Å². The number of hydrogen-bond donors (Lipinski definition) is 1. The van der Waals surface area contributed by atoms with Gasteiger partial charge in [0.05, 0.1) is 16.6 Å². The van der Waals surface area contributed by atoms with Gasteiger partial charge >= 0.3 is 0 Å². The molecule has 1 aliphatic rings. The minimum atomic E-state index is -0.605. The van der Waals surface area contributed by atoms with E-state index in [0.717, 1.165) is 30.7 Å². The molecule has 1 heterocycles. The molecule has 114 valence electrons. The lowest BCUT2D eigenvalue weighted by Crippen LogP contribution is -2.44. The summed E-state index contributed by atoms with van der Waals surface area (Å²) in [4.78, 5) is 4.79. The molecule has 3 nitrogen and oxygen atoms in total. The molecule has 1 aliphatic carbocycles. The Kier molecular flexibility index (Phi) is 3.78. The van der Waals surface area contributed by atoms with Crippen molar-refractivity contribution in [3.8, 4) is 0 Å². The van der Waals surface area contributed by atoms with E-state index in [1.807, 2.05) is 6.07 Å². The second-order valence-electron chi connectivity index (χ2n) is 6.83. The zero-order valence-electron chi connectivity index (χ0n) is 13.3. The van der Waals surface area contributed by atoms with Crippen LogP contribution in [0.1, 0.15) is 45.9 Å². The van der Waals surface area contributed by atoms with E-state index in [2.05, 4.69) is 43.5 Å². The van der Waals surface area contributed by atoms with E-state index in [1.54, 1.807) is 0 Å². The fourth-order valence-corrected chi connectivity index (χ4v) is 3.84. The summed E-state index contributed by atoms with van der Waals surface area (Å²) in [6.45, 7) is 7.48. The van der Waals surface area contributed by atoms with Crippen molar-refractivity contribution in [1.29, 1.82) is 0 Å². The number of aromatic nitrogens is 2. The molecule has 3 atom stereocenters. The van der Waals surface area contributed by atoms with Gasteiger partial charge in [-0.1, -0.05) is 32.4 Å². The number of hydrogen-bond acceptors (Lipinski definition) is 2. The van der Waals surface area contributed by atoms with Gasteiger partial charge in [0.15, 0.2) is 0 Å². The van der Waals surface area contributed by atoms with Crippen LogP contribution in [0.5, 0.6) is 0 Å². The van der Waals surface area contributed by atoms with Crippen LogP contribution < -0.4 is 0 Å². The summed E-state index contributed by atoms with van der Waals surface area (Å²) >= 11 is 0. The Bertz CT molecular complexity index is 633. The van der Waals surface area contributed by atoms with Crippen molar-refractivity contribution in [2.24, 2.45) is 11.8 Å². The number of fused-ring (bicyclic) bond motifs is 1. The molecule has 0 radical (unpaired) electrons. The molecule has 1 N–H and O–H groups in total. The van der Waals surface area contributed by atoms with E-state index >= 15 is 0 Å². The maximum Gasteiger partial charge on any atom is 0.112 e. The van der Waals surface area contributed by atoms with Crippen molar-refractivity contribution in [3.05, 3.63) is 30.1 Å². The normalized spacial score (nSPS) is 29.9. The molecule has 0 spiro atoms. The number of imidazole rings is 1. The largest absolute Gasteiger partial charge is 0.389 e. The number of aliphatic hydroxyl groups is 1. The van der Waals surface area contributed by atoms with E-state index < -0.39 is 5.60 Å². The van der Waals surface area contributed by atoms with E-state index in [9.17, 15) is 5.11 Å². The van der Waals surface area contributed by atoms with Crippen LogP contribution in [0.2, 0.25) is 0 Å². The molecule has 0 saturated heterocycles. The van der Waals surface area contributed by atoms with Crippen LogP contribution in [0, 0.1) is 11.8 Å². The number of nitrogens with zero attached hydrogens (tertiary/aromatic N) is 2. The highest BCUT2D eigenvalue weighted by molar-refractivity contribution is 5.75. The minimum Gasteiger partial charge on any atom is -0.389 e. The first kappa shape index (κ1) is 14.6. The predicted octanol–water partition coefficient (Wildman–Crippen LogP) is 3.79. The molecule has 2 aromatic rings. The SMILES string of the molecule is CCn1c(CC2(O)CC(C)CCC2C)nc2ccccc21. The lowest BCUT2D eigenvalue weighted by Gasteiger charge is -2.41. The van der Waals surface area contributed by atoms with Crippen molar-refractivity contribution >= 4 is 11.0 Å². The Morgan fingerprint density at radius 2 is 2.05 bits per heavy atom. The molecule has 1 aromatic carbocycles. The van der Waals surface area contributed by atoms with Gasteiger partial charge in [-0.3, -0.25) is 0 Å². The van der Waals surface area contributed by atoms with Crippen molar-refractivity contribution in [2.45, 2.75) is 58.6 Å². The molecule has 3 unspecified atom stereocenters. The Labute approximate surface area is 127 Å². The summed E-state index contributed by atoms with van der Waals surface area (Å²) in [6.07, 6.45) is 3.90. The highest BCUT2D eigenvalue weighted by Crippen LogP contribution is 2.39. The van der Waals surface area contributed by atoms with Crippen LogP contribution in [0.15, 0.2) is 24.3 Å². The first-order valence-electron chi connectivity index (χ1n) is 8.20. The van der Waals surface area contributed by atoms with Gasteiger partial charge < -0.3 is 9.67 Å². The number of benzene rings is 1. The van der Waals surface area contributed by atoms with Crippen molar-refractivity contribution in [1.82, 2.24) is 9.55 Å². The van der Waals surface area contributed by atoms with Gasteiger partial charge in [-0.2, -0.15) is 0 Å². The molecule has 0 aliphatic heterocycles. The molecule has 1 fully saturated rings. The molecule has 1 saturated carbocycles. The Balaban J connectivity index is 1.97. The third kappa shape index (κ3) is 2.59. The number of rotatable bonds is 3. The van der Waals surface area contributed by atoms with E-state index in [0.29, 0.717) is 18.3 Å². The Hall–Kier alpha value is -1.35. The summed E-state index contributed by atoms with van der Waals surface area (Å²) in [6, 6.07) is 8.26. The zero-order chi connectivity index (χ0) is 15.0. The minimum absolute atomic E-state index is 0.346. The molecule has 0 bridgehead atoms. The van der Waals surface area contributed by atoms with Crippen LogP contribution in [0.4, 0.5) is 0 Å². The maximum absolute atomic E-state index is 11.2. The van der Waals surface area contributed by atoms with Gasteiger partial charge in [0.25, 0.3) is 0 Å². The van der Waals surface area contributed by atoms with E-state index in [-0.39, 0.29) is 0 Å². The average Bonchev–Trinajstić information content (AvgIpc) is 2.79. The first-order valence-corrected chi connectivity index (χ1v) is 8.20. The van der Waals surface area contributed by atoms with Gasteiger partial charge in [0.2, 0.25) is 0 Å². The van der Waals surface area contributed by atoms with Gasteiger partial charge in [0.1, 0.15) is 5.82 Å². The van der Waals surface area contributed by atoms with Gasteiger partial charge in [-0.15, -0.1) is 0 Å². The van der Waals surface area contributed by atoms with Crippen LogP contribution in [0.25, 0.3) is 11.0 Å². The molecule has 21 heavy (non-hydrogen) atoms. The first-order chi connectivity index (χ1) is 10.0. The fraction of sp³-hybridized carbons (Fsp3) is 0.611. The predicted molar refractivity (Wildman–Crippen MR) is 86.2 cm³/mol. The van der Waals surface area contributed by atoms with Crippen molar-refractivity contribution < 1.29 is 5.11 Å². The lowest BCUT2D eigenvalue weighted by atomic mass is 9.70. The Morgan fingerprint density at radius 1 is 1.29 bits per heavy atom. The molecule has 3 heteroatoms. The molecule has 1 aromatic heterocycles. The van der Waals surface area contributed by atoms with Crippen LogP contribution >= 0.6 is 0 Å². The molecule has 3 rings (SSSR count). The second-order valence-corrected chi connectivity index (χ2v) is 6.83. The third-order valence-electron chi connectivity index (χ3n) is 5.23. The zero-order valence-corrected chi connectivity index (χ0v) is 13.3. The van der Waals surface area contributed by atoms with Gasteiger partial charge in [-0.05, 0) is 43.7 Å². The number of aryl methyl sites for hydroxylation is 1. The topological polar surface area (TPSA) is 38.0 Å². The summed E-state index contributed by atoms with van der Waals surface area (Å²) in [5.41, 5.74) is 1.61. The molecular formula is C18H26N2O. The fourth-order valence-electron chi connectivity index (χ4n) is 3.84. The monoisotopic (exact) mass is 286 g/mol. The standard InChI is InChI=1S/C18H26N2O/c1-4-20-16-8-6-5-7-15(16)19-17(20)12-18(21)11-13(2)9-10-14(18)3/h5-8,13-14,21H,4,9-12H2,1-3H3. The quantitative estimate of drug-likeness (QED) is 0.932. The highest BCUT2D eigenvalue weighted by Gasteiger charge is 2.39. The smallest absolute Gasteiger partial charge is 0.112 e. The third-order valence-corrected chi connectivity index (χ3v) is 5.23. The van der Waals surface area contributed by atoms with Crippen molar-refractivity contribution in [3.63, 3.8) is 0 Å². The van der Waals surface area contributed by atoms with Gasteiger partial charge in [0, 0.05) is 13.0 Å². The average molecular weight is 286 g/mol. The van der Waals surface area contributed by atoms with Gasteiger partial charge in [-0.25, -0.2) is 4.98 Å². The van der Waals surface area contributed by atoms with E-state index in [4.69, 9.17) is 4.98 Å². The summed E-state index contributed by atoms with van der Waals surface area (Å²) in [7, 11) is 0. The van der Waals surface area contributed by atoms with Crippen LogP contribution in [-0.4, -0.2) is 20.3 Å². The summed E-state index contributed by atoms with van der Waals surface area (Å²) in [5.74, 6) is 1.98. The lowest BCUT2D eigenvalue weighted by molar-refractivity contribution is -0.0577. The van der Waals surface area contributed by atoms with Crippen LogP contribution in [-0.2, 0) is 13.0 Å². The molecule has 0 amide bonds. The maximum atomic E-state index is 11.2. The summed E-state index contributed by atoms with van der Waals surface area (Å²) in [5, 5.41) is 11.2. The Morgan fingerprint density at radius 3 is 2.81 bits per heavy atom. The number of para-hydroxylation sites is 2. The van der Waals surface area contributed by atoms with E-state index in [1.165, 1.54) is 11.9 Å². The molecular weight excluding hydrogens is 260 g/mol. The summed E-state index contributed by atoms with van der Waals surface area (Å²) < 4.78 is 2.25. The highest BCUT2D eigenvalue weighted by atomic mass is 16.3. The van der Waals surface area contributed by atoms with Crippen molar-refractivity contribution in [2.75, 3.05) is 0 Å². The second kappa shape index (κ2) is 5.45.